The summed E-state index contributed by atoms with van der Waals surface area (Å²) in [6.07, 6.45) is 0. The normalized spacial score (nSPS) is 15.1. The first-order chi connectivity index (χ1) is 14.5. The Hall–Kier alpha value is -3.84. The van der Waals surface area contributed by atoms with Gasteiger partial charge in [-0.15, -0.1) is 0 Å². The second kappa shape index (κ2) is 7.39. The lowest BCUT2D eigenvalue weighted by Crippen LogP contribution is -2.49. The number of amides is 1. The Balaban J connectivity index is 2.18. The quantitative estimate of drug-likeness (QED) is 0.543. The lowest BCUT2D eigenvalue weighted by molar-refractivity contribution is 0.0696. The third-order valence-corrected chi connectivity index (χ3v) is 5.17. The van der Waals surface area contributed by atoms with Crippen LogP contribution < -0.4 is 10.1 Å². The smallest absolute Gasteiger partial charge is 0.335 e. The van der Waals surface area contributed by atoms with E-state index in [1.807, 2.05) is 0 Å². The van der Waals surface area contributed by atoms with Gasteiger partial charge in [0.25, 0.3) is 5.91 Å². The summed E-state index contributed by atoms with van der Waals surface area (Å²) in [6.45, 7) is 0.674. The minimum absolute atomic E-state index is 0.0355. The number of nitriles is 2. The summed E-state index contributed by atoms with van der Waals surface area (Å²) in [7, 11) is -9.89. The van der Waals surface area contributed by atoms with Crippen molar-refractivity contribution < 1.29 is 38.9 Å². The minimum atomic E-state index is -9.89. The molecule has 1 unspecified atom stereocenters. The monoisotopic (exact) mass is 475 g/mol. The predicted octanol–water partition coefficient (Wildman–Crippen LogP) is 5.00. The molecule has 13 heteroatoms. The average molecular weight is 475 g/mol. The summed E-state index contributed by atoms with van der Waals surface area (Å²) in [4.78, 5) is 21.2. The molecule has 2 N–H and O–H groups in total. The summed E-state index contributed by atoms with van der Waals surface area (Å²) in [5.74, 6) is -2.46. The molecule has 0 aliphatic rings. The number of carbonyl (C=O) groups excluding carboxylic acids is 1. The van der Waals surface area contributed by atoms with Gasteiger partial charge in [0.05, 0.1) is 23.3 Å². The maximum atomic E-state index is 12.8. The lowest BCUT2D eigenvalue weighted by Gasteiger charge is -2.40. The molecule has 0 aliphatic carbocycles. The number of carboxylic acid groups (broad SMARTS) is 1. The fourth-order valence-electron chi connectivity index (χ4n) is 2.38. The van der Waals surface area contributed by atoms with Crippen LogP contribution >= 0.6 is 10.2 Å². The van der Waals surface area contributed by atoms with Crippen LogP contribution in [-0.2, 0) is 0 Å². The number of hydrogen-bond acceptors (Lipinski definition) is 5. The number of nitrogens with zero attached hydrogens (tertiary/aromatic N) is 2. The van der Waals surface area contributed by atoms with Crippen LogP contribution in [0.15, 0.2) is 47.4 Å². The first-order valence-electron chi connectivity index (χ1n) is 8.45. The highest BCUT2D eigenvalue weighted by atomic mass is 32.5. The number of rotatable bonds is 7. The van der Waals surface area contributed by atoms with Crippen LogP contribution in [0.5, 0.6) is 5.75 Å². The number of halogens is 5. The van der Waals surface area contributed by atoms with E-state index in [0.717, 1.165) is 12.1 Å². The van der Waals surface area contributed by atoms with E-state index < -0.39 is 44.7 Å². The molecule has 2 aromatic rings. The first-order valence-corrected chi connectivity index (χ1v) is 10.4. The van der Waals surface area contributed by atoms with E-state index in [2.05, 4.69) is 5.32 Å². The third kappa shape index (κ3) is 6.09. The van der Waals surface area contributed by atoms with Crippen molar-refractivity contribution in [2.45, 2.75) is 17.4 Å². The second-order valence-corrected chi connectivity index (χ2v) is 9.25. The zero-order chi connectivity index (χ0) is 24.4. The van der Waals surface area contributed by atoms with Crippen LogP contribution in [0.1, 0.15) is 33.2 Å². The van der Waals surface area contributed by atoms with E-state index in [1.165, 1.54) is 13.0 Å². The van der Waals surface area contributed by atoms with Crippen molar-refractivity contribution in [1.82, 2.24) is 5.32 Å². The Labute approximate surface area is 178 Å². The molecule has 32 heavy (non-hydrogen) atoms. The Morgan fingerprint density at radius 1 is 1.06 bits per heavy atom. The number of carboxylic acids is 1. The van der Waals surface area contributed by atoms with E-state index in [-0.39, 0.29) is 29.0 Å². The van der Waals surface area contributed by atoms with Gasteiger partial charge in [0, 0.05) is 5.56 Å². The highest BCUT2D eigenvalue weighted by Crippen LogP contribution is 3.02. The van der Waals surface area contributed by atoms with E-state index in [0.29, 0.717) is 12.1 Å². The van der Waals surface area contributed by atoms with Crippen molar-refractivity contribution in [3.05, 3.63) is 59.2 Å². The zero-order valence-electron chi connectivity index (χ0n) is 16.1. The van der Waals surface area contributed by atoms with E-state index >= 15 is 0 Å². The molecule has 0 saturated carbocycles. The van der Waals surface area contributed by atoms with Crippen LogP contribution in [-0.4, -0.2) is 29.1 Å². The van der Waals surface area contributed by atoms with Crippen molar-refractivity contribution in [3.63, 3.8) is 0 Å². The molecule has 7 nitrogen and oxygen atoms in total. The van der Waals surface area contributed by atoms with Crippen LogP contribution in [0.2, 0.25) is 0 Å². The Morgan fingerprint density at radius 2 is 1.66 bits per heavy atom. The van der Waals surface area contributed by atoms with Gasteiger partial charge in [-0.05, 0) is 49.4 Å². The molecule has 170 valence electrons. The maximum Gasteiger partial charge on any atom is 0.335 e. The van der Waals surface area contributed by atoms with Gasteiger partial charge in [-0.25, -0.2) is 4.79 Å². The Bertz CT molecular complexity index is 1170. The maximum absolute atomic E-state index is 12.8. The summed E-state index contributed by atoms with van der Waals surface area (Å²) < 4.78 is 69.2. The van der Waals surface area contributed by atoms with Gasteiger partial charge >= 0.3 is 16.2 Å². The van der Waals surface area contributed by atoms with Gasteiger partial charge in [-0.3, -0.25) is 4.79 Å². The molecular weight excluding hydrogens is 461 g/mol. The predicted molar refractivity (Wildman–Crippen MR) is 103 cm³/mol. The van der Waals surface area contributed by atoms with Crippen molar-refractivity contribution in [3.8, 4) is 17.9 Å². The Morgan fingerprint density at radius 3 is 2.12 bits per heavy atom. The summed E-state index contributed by atoms with van der Waals surface area (Å²) in [5, 5.41) is 29.6. The van der Waals surface area contributed by atoms with Gasteiger partial charge in [0.1, 0.15) is 17.3 Å². The van der Waals surface area contributed by atoms with E-state index in [9.17, 15) is 34.3 Å². The SMILES string of the molecule is CC(C#N)(COc1cc(C#N)cc(C(=O)O)c1)NC(=O)c1ccc(S(F)(F)(F)(F)F)cc1. The van der Waals surface area contributed by atoms with Crippen LogP contribution in [0.4, 0.5) is 19.4 Å². The minimum Gasteiger partial charge on any atom is -0.490 e. The second-order valence-electron chi connectivity index (χ2n) is 6.84. The number of carbonyl (C=O) groups is 2. The fraction of sp³-hybridized carbons (Fsp3) is 0.158. The molecule has 0 radical (unpaired) electrons. The third-order valence-electron chi connectivity index (χ3n) is 4.01. The van der Waals surface area contributed by atoms with Crippen LogP contribution in [0, 0.1) is 22.7 Å². The number of ether oxygens (including phenoxy) is 1. The molecule has 0 aliphatic heterocycles. The first kappa shape index (κ1) is 24.4. The molecule has 0 bridgehead atoms. The number of aromatic carboxylic acids is 1. The van der Waals surface area contributed by atoms with Crippen LogP contribution in [0.25, 0.3) is 0 Å². The number of hydrogen-bond donors (Lipinski definition) is 2. The Kier molecular flexibility index (Phi) is 5.64. The molecule has 2 aromatic carbocycles. The zero-order valence-corrected chi connectivity index (χ0v) is 16.9. The molecule has 0 saturated heterocycles. The summed E-state index contributed by atoms with van der Waals surface area (Å²) in [6, 6.07) is 8.06. The number of nitrogens with one attached hydrogen (secondary N) is 1. The van der Waals surface area contributed by atoms with Gasteiger partial charge in [-0.1, -0.05) is 19.4 Å². The van der Waals surface area contributed by atoms with Crippen molar-refractivity contribution in [2.24, 2.45) is 0 Å². The lowest BCUT2D eigenvalue weighted by atomic mass is 10.0. The standard InChI is InChI=1S/C19H14F5N3O4S/c1-19(10-26,11-31-15-7-12(9-25)6-14(8-15)18(29)30)27-17(28)13-2-4-16(5-3-13)32(20,21,22,23)24/h2-8H,11H2,1H3,(H,27,28)(H,29,30). The average Bonchev–Trinajstić information content (AvgIpc) is 2.70. The molecule has 0 fully saturated rings. The molecule has 1 amide bonds. The fourth-order valence-corrected chi connectivity index (χ4v) is 3.03. The van der Waals surface area contributed by atoms with Crippen LogP contribution in [0.3, 0.4) is 0 Å². The van der Waals surface area contributed by atoms with Gasteiger partial charge in [0.2, 0.25) is 0 Å². The highest BCUT2D eigenvalue weighted by Gasteiger charge is 2.65. The van der Waals surface area contributed by atoms with Gasteiger partial charge in [0.15, 0.2) is 5.54 Å². The molecule has 2 rings (SSSR count). The van der Waals surface area contributed by atoms with E-state index in [4.69, 9.17) is 15.1 Å². The topological polar surface area (TPSA) is 123 Å². The molecule has 0 aromatic heterocycles. The highest BCUT2D eigenvalue weighted by molar-refractivity contribution is 8.45. The van der Waals surface area contributed by atoms with Gasteiger partial charge in [-0.2, -0.15) is 10.5 Å². The van der Waals surface area contributed by atoms with Crippen molar-refractivity contribution >= 4 is 22.1 Å². The van der Waals surface area contributed by atoms with E-state index in [1.54, 1.807) is 12.1 Å². The molecule has 0 heterocycles. The number of benzene rings is 2. The summed E-state index contributed by atoms with van der Waals surface area (Å²) >= 11 is 0. The molecular formula is C19H14F5N3O4S. The summed E-state index contributed by atoms with van der Waals surface area (Å²) in [5.41, 5.74) is -2.46. The van der Waals surface area contributed by atoms with Crippen molar-refractivity contribution in [1.29, 1.82) is 10.5 Å². The molecule has 1 atom stereocenters. The van der Waals surface area contributed by atoms with Crippen molar-refractivity contribution in [2.75, 3.05) is 6.61 Å². The molecule has 0 spiro atoms. The van der Waals surface area contributed by atoms with Gasteiger partial charge < -0.3 is 15.2 Å². The largest absolute Gasteiger partial charge is 0.490 e.